The third-order valence-electron chi connectivity index (χ3n) is 3.19. The lowest BCUT2D eigenvalue weighted by Crippen LogP contribution is -1.80. The molecule has 0 amide bonds. The minimum atomic E-state index is 0.553. The zero-order chi connectivity index (χ0) is 11.5. The lowest BCUT2D eigenvalue weighted by atomic mass is 10.1. The van der Waals surface area contributed by atoms with Gasteiger partial charge in [0.05, 0.1) is 0 Å². The third-order valence-corrected chi connectivity index (χ3v) is 3.19. The summed E-state index contributed by atoms with van der Waals surface area (Å²) >= 11 is 0. The zero-order valence-corrected chi connectivity index (χ0v) is 9.64. The van der Waals surface area contributed by atoms with E-state index in [4.69, 9.17) is 0 Å². The summed E-state index contributed by atoms with van der Waals surface area (Å²) in [5.41, 5.74) is 2.55. The molecule has 0 nitrogen and oxygen atoms in total. The quantitative estimate of drug-likeness (QED) is 0.638. The lowest BCUT2D eigenvalue weighted by Gasteiger charge is -1.94. The molecule has 1 saturated carbocycles. The van der Waals surface area contributed by atoms with Gasteiger partial charge in [0.2, 0.25) is 0 Å². The highest BCUT2D eigenvalue weighted by Gasteiger charge is 2.36. The molecule has 0 heteroatoms. The van der Waals surface area contributed by atoms with Crippen LogP contribution in [0.15, 0.2) is 60.7 Å². The first kappa shape index (κ1) is 10.2. The van der Waals surface area contributed by atoms with Crippen LogP contribution >= 0.6 is 0 Å². The van der Waals surface area contributed by atoms with Crippen LogP contribution < -0.4 is 0 Å². The molecule has 3 rings (SSSR count). The Morgan fingerprint density at radius 3 is 2.18 bits per heavy atom. The average molecular weight is 218 g/mol. The van der Waals surface area contributed by atoms with Crippen LogP contribution in [0.3, 0.4) is 0 Å². The first-order chi connectivity index (χ1) is 8.43. The van der Waals surface area contributed by atoms with Gasteiger partial charge in [-0.05, 0) is 30.0 Å². The van der Waals surface area contributed by atoms with E-state index in [1.54, 1.807) is 0 Å². The molecule has 2 atom stereocenters. The maximum atomic E-state index is 3.37. The van der Waals surface area contributed by atoms with Crippen LogP contribution in [0, 0.1) is 17.8 Å². The van der Waals surface area contributed by atoms with Crippen molar-refractivity contribution in [1.29, 1.82) is 0 Å². The van der Waals surface area contributed by atoms with E-state index in [1.807, 2.05) is 18.2 Å². The first-order valence-corrected chi connectivity index (χ1v) is 6.05. The topological polar surface area (TPSA) is 0 Å². The van der Waals surface area contributed by atoms with Crippen molar-refractivity contribution in [3.05, 3.63) is 71.8 Å². The summed E-state index contributed by atoms with van der Waals surface area (Å²) in [6.45, 7) is 0. The second-order valence-electron chi connectivity index (χ2n) is 4.49. The highest BCUT2D eigenvalue weighted by atomic mass is 14.4. The van der Waals surface area contributed by atoms with Crippen molar-refractivity contribution in [3.63, 3.8) is 0 Å². The molecule has 0 spiro atoms. The molecule has 1 aliphatic rings. The highest BCUT2D eigenvalue weighted by molar-refractivity contribution is 5.38. The van der Waals surface area contributed by atoms with E-state index < -0.39 is 0 Å². The third kappa shape index (κ3) is 2.40. The molecule has 1 fully saturated rings. The molecule has 2 aromatic carbocycles. The maximum absolute atomic E-state index is 3.37. The molecule has 2 aromatic rings. The van der Waals surface area contributed by atoms with E-state index in [9.17, 15) is 0 Å². The van der Waals surface area contributed by atoms with Crippen molar-refractivity contribution in [2.45, 2.75) is 12.3 Å². The van der Waals surface area contributed by atoms with Crippen LogP contribution in [0.4, 0.5) is 0 Å². The van der Waals surface area contributed by atoms with Crippen LogP contribution in [0.1, 0.15) is 23.5 Å². The van der Waals surface area contributed by atoms with E-state index in [-0.39, 0.29) is 0 Å². The Balaban J connectivity index is 1.69. The maximum Gasteiger partial charge on any atom is 0.0281 e. The zero-order valence-electron chi connectivity index (χ0n) is 9.64. The van der Waals surface area contributed by atoms with Gasteiger partial charge in [0, 0.05) is 11.5 Å². The molecular formula is C17H14. The normalized spacial score (nSPS) is 21.4. The van der Waals surface area contributed by atoms with E-state index in [2.05, 4.69) is 54.3 Å². The van der Waals surface area contributed by atoms with Crippen LogP contribution in [0.5, 0.6) is 0 Å². The molecule has 0 aliphatic heterocycles. The Kier molecular flexibility index (Phi) is 2.68. The Morgan fingerprint density at radius 2 is 1.47 bits per heavy atom. The summed E-state index contributed by atoms with van der Waals surface area (Å²) in [7, 11) is 0. The summed E-state index contributed by atoms with van der Waals surface area (Å²) in [6, 6.07) is 20.9. The van der Waals surface area contributed by atoms with Gasteiger partial charge in [0.1, 0.15) is 0 Å². The van der Waals surface area contributed by atoms with Gasteiger partial charge in [-0.15, -0.1) is 0 Å². The Hall–Kier alpha value is -2.00. The number of rotatable bonds is 1. The van der Waals surface area contributed by atoms with Gasteiger partial charge in [0.25, 0.3) is 0 Å². The summed E-state index contributed by atoms with van der Waals surface area (Å²) in [5, 5.41) is 0. The second kappa shape index (κ2) is 4.47. The predicted molar refractivity (Wildman–Crippen MR) is 70.6 cm³/mol. The average Bonchev–Trinajstić information content (AvgIpc) is 3.18. The second-order valence-corrected chi connectivity index (χ2v) is 4.49. The van der Waals surface area contributed by atoms with Crippen molar-refractivity contribution in [3.8, 4) is 11.8 Å². The molecule has 82 valence electrons. The molecule has 0 heterocycles. The molecule has 0 radical (unpaired) electrons. The van der Waals surface area contributed by atoms with Crippen molar-refractivity contribution >= 4 is 0 Å². The molecule has 1 aliphatic carbocycles. The molecule has 0 bridgehead atoms. The van der Waals surface area contributed by atoms with Gasteiger partial charge in [-0.2, -0.15) is 0 Å². The minimum Gasteiger partial charge on any atom is -0.0938 e. The molecule has 0 saturated heterocycles. The van der Waals surface area contributed by atoms with Gasteiger partial charge in [-0.25, -0.2) is 0 Å². The number of benzene rings is 2. The highest BCUT2D eigenvalue weighted by Crippen LogP contribution is 2.46. The standard InChI is InChI=1S/C17H14/c1-3-7-14(8-4-1)11-12-16-13-17(16)15-9-5-2-6-10-15/h1-10,16-17H,13H2/t16-,17+/m1/s1. The summed E-state index contributed by atoms with van der Waals surface area (Å²) in [5.74, 6) is 7.84. The Labute approximate surface area is 102 Å². The van der Waals surface area contributed by atoms with E-state index in [0.717, 1.165) is 5.56 Å². The lowest BCUT2D eigenvalue weighted by molar-refractivity contribution is 1.04. The first-order valence-electron chi connectivity index (χ1n) is 6.05. The predicted octanol–water partition coefficient (Wildman–Crippen LogP) is 3.84. The Morgan fingerprint density at radius 1 is 0.824 bits per heavy atom. The van der Waals surface area contributed by atoms with Crippen molar-refractivity contribution < 1.29 is 0 Å². The molecule has 0 N–H and O–H groups in total. The molecule has 0 aromatic heterocycles. The fourth-order valence-electron chi connectivity index (χ4n) is 2.12. The molecule has 17 heavy (non-hydrogen) atoms. The van der Waals surface area contributed by atoms with Crippen LogP contribution in [0.25, 0.3) is 0 Å². The van der Waals surface area contributed by atoms with Gasteiger partial charge >= 0.3 is 0 Å². The van der Waals surface area contributed by atoms with Crippen molar-refractivity contribution in [1.82, 2.24) is 0 Å². The van der Waals surface area contributed by atoms with Crippen molar-refractivity contribution in [2.24, 2.45) is 5.92 Å². The van der Waals surface area contributed by atoms with Crippen molar-refractivity contribution in [2.75, 3.05) is 0 Å². The number of hydrogen-bond acceptors (Lipinski definition) is 0. The summed E-state index contributed by atoms with van der Waals surface area (Å²) in [4.78, 5) is 0. The van der Waals surface area contributed by atoms with Gasteiger partial charge in [-0.3, -0.25) is 0 Å². The van der Waals surface area contributed by atoms with Gasteiger partial charge in [0.15, 0.2) is 0 Å². The Bertz CT molecular complexity index is 543. The fraction of sp³-hybridized carbons (Fsp3) is 0.176. The van der Waals surface area contributed by atoms with E-state index >= 15 is 0 Å². The smallest absolute Gasteiger partial charge is 0.0281 e. The minimum absolute atomic E-state index is 0.553. The largest absolute Gasteiger partial charge is 0.0938 e. The molecule has 0 unspecified atom stereocenters. The fourth-order valence-corrected chi connectivity index (χ4v) is 2.12. The monoisotopic (exact) mass is 218 g/mol. The summed E-state index contributed by atoms with van der Waals surface area (Å²) < 4.78 is 0. The summed E-state index contributed by atoms with van der Waals surface area (Å²) in [6.07, 6.45) is 1.21. The SMILES string of the molecule is C(#C[C@@H]1C[C@H]1c1ccccc1)c1ccccc1. The van der Waals surface area contributed by atoms with Crippen LogP contribution in [-0.4, -0.2) is 0 Å². The van der Waals surface area contributed by atoms with E-state index in [1.165, 1.54) is 12.0 Å². The van der Waals surface area contributed by atoms with Crippen LogP contribution in [-0.2, 0) is 0 Å². The molecular weight excluding hydrogens is 204 g/mol. The van der Waals surface area contributed by atoms with Gasteiger partial charge in [-0.1, -0.05) is 60.4 Å². The number of hydrogen-bond donors (Lipinski definition) is 0. The van der Waals surface area contributed by atoms with E-state index in [0.29, 0.717) is 11.8 Å². The van der Waals surface area contributed by atoms with Crippen LogP contribution in [0.2, 0.25) is 0 Å². The van der Waals surface area contributed by atoms with Gasteiger partial charge < -0.3 is 0 Å².